The zero-order valence-corrected chi connectivity index (χ0v) is 20.7. The number of carbonyl (C=O) groups is 1. The molecule has 38 heavy (non-hydrogen) atoms. The number of hydrogen-bond acceptors (Lipinski definition) is 7. The van der Waals surface area contributed by atoms with Crippen molar-refractivity contribution in [1.29, 1.82) is 0 Å². The second-order valence-electron chi connectivity index (χ2n) is 8.93. The Morgan fingerprint density at radius 1 is 1.16 bits per heavy atom. The Balaban J connectivity index is 1.41. The van der Waals surface area contributed by atoms with E-state index in [2.05, 4.69) is 45.4 Å². The summed E-state index contributed by atoms with van der Waals surface area (Å²) in [5, 5.41) is 10.1. The summed E-state index contributed by atoms with van der Waals surface area (Å²) < 4.78 is 17.9. The van der Waals surface area contributed by atoms with Crippen LogP contribution in [0.25, 0.3) is 50.5 Å². The average Bonchev–Trinajstić information content (AvgIpc) is 3.65. The molecule has 0 unspecified atom stereocenters. The molecule has 1 amide bonds. The molecular weight excluding hydrogens is 487 g/mol. The van der Waals surface area contributed by atoms with Crippen molar-refractivity contribution in [2.45, 2.75) is 33.1 Å². The number of unbranched alkanes of at least 4 members (excludes halogenated alkanes) is 1. The molecule has 0 aromatic carbocycles. The first-order valence-electron chi connectivity index (χ1n) is 12.2. The Labute approximate surface area is 215 Å². The van der Waals surface area contributed by atoms with Crippen molar-refractivity contribution in [3.05, 3.63) is 61.0 Å². The van der Waals surface area contributed by atoms with E-state index in [0.717, 1.165) is 24.2 Å². The number of anilines is 1. The van der Waals surface area contributed by atoms with E-state index in [9.17, 15) is 4.79 Å². The number of aromatic amines is 2. The predicted molar refractivity (Wildman–Crippen MR) is 140 cm³/mol. The van der Waals surface area contributed by atoms with Gasteiger partial charge in [0.1, 0.15) is 17.0 Å². The van der Waals surface area contributed by atoms with Crippen LogP contribution in [-0.2, 0) is 4.79 Å². The summed E-state index contributed by atoms with van der Waals surface area (Å²) in [4.78, 5) is 37.2. The van der Waals surface area contributed by atoms with Crippen LogP contribution >= 0.6 is 0 Å². The molecule has 0 aliphatic heterocycles. The fourth-order valence-electron chi connectivity index (χ4n) is 4.32. The molecule has 0 aliphatic rings. The number of halogens is 1. The predicted octanol–water partition coefficient (Wildman–Crippen LogP) is 4.72. The standard InChI is InChI=1S/C26H23FN10O/c1-3-4-5-19(38)32-16-8-15(9-28-10-16)17-11-30-24-20(21(17)27)23(35-36-24)26-33-22-18(6-7-29-25(22)34-26)37-12-14(2)31-13-37/h6-13H,3-5H2,1-2H3,(H,32,38)(H,29,33,34)(H,30,35,36). The third-order valence-electron chi connectivity index (χ3n) is 6.21. The fraction of sp³-hybridized carbons (Fsp3) is 0.192. The molecule has 6 aromatic heterocycles. The Morgan fingerprint density at radius 2 is 2.05 bits per heavy atom. The topological polar surface area (TPSA) is 143 Å². The molecule has 190 valence electrons. The summed E-state index contributed by atoms with van der Waals surface area (Å²) in [5.74, 6) is -0.276. The first-order valence-corrected chi connectivity index (χ1v) is 12.2. The smallest absolute Gasteiger partial charge is 0.224 e. The molecule has 0 radical (unpaired) electrons. The normalized spacial score (nSPS) is 11.4. The molecule has 0 saturated heterocycles. The zero-order chi connectivity index (χ0) is 26.2. The second-order valence-corrected chi connectivity index (χ2v) is 8.93. The van der Waals surface area contributed by atoms with Gasteiger partial charge in [0, 0.05) is 42.3 Å². The van der Waals surface area contributed by atoms with Crippen molar-refractivity contribution in [3.8, 4) is 28.3 Å². The van der Waals surface area contributed by atoms with Crippen molar-refractivity contribution < 1.29 is 9.18 Å². The molecule has 0 aliphatic carbocycles. The molecule has 3 N–H and O–H groups in total. The molecule has 6 heterocycles. The van der Waals surface area contributed by atoms with E-state index in [4.69, 9.17) is 0 Å². The third-order valence-corrected chi connectivity index (χ3v) is 6.21. The van der Waals surface area contributed by atoms with Crippen LogP contribution in [0.5, 0.6) is 0 Å². The summed E-state index contributed by atoms with van der Waals surface area (Å²) in [7, 11) is 0. The minimum Gasteiger partial charge on any atom is -0.334 e. The fourth-order valence-corrected chi connectivity index (χ4v) is 4.32. The molecule has 12 heteroatoms. The van der Waals surface area contributed by atoms with Crippen LogP contribution in [0.1, 0.15) is 31.9 Å². The van der Waals surface area contributed by atoms with E-state index in [1.54, 1.807) is 18.6 Å². The van der Waals surface area contributed by atoms with E-state index in [1.807, 2.05) is 30.7 Å². The molecule has 0 saturated carbocycles. The lowest BCUT2D eigenvalue weighted by molar-refractivity contribution is -0.116. The van der Waals surface area contributed by atoms with Crippen LogP contribution in [0.4, 0.5) is 10.1 Å². The van der Waals surface area contributed by atoms with Gasteiger partial charge in [0.2, 0.25) is 5.91 Å². The van der Waals surface area contributed by atoms with Crippen molar-refractivity contribution in [1.82, 2.24) is 44.7 Å². The number of fused-ring (bicyclic) bond motifs is 2. The maximum Gasteiger partial charge on any atom is 0.224 e. The van der Waals surface area contributed by atoms with E-state index < -0.39 is 5.82 Å². The summed E-state index contributed by atoms with van der Waals surface area (Å²) in [6, 6.07) is 3.52. The first kappa shape index (κ1) is 23.4. The second kappa shape index (κ2) is 9.47. The van der Waals surface area contributed by atoms with E-state index in [-0.39, 0.29) is 22.5 Å². The van der Waals surface area contributed by atoms with Crippen molar-refractivity contribution in [2.75, 3.05) is 5.32 Å². The van der Waals surface area contributed by atoms with Gasteiger partial charge >= 0.3 is 0 Å². The van der Waals surface area contributed by atoms with Gasteiger partial charge in [-0.3, -0.25) is 14.9 Å². The first-order chi connectivity index (χ1) is 18.5. The van der Waals surface area contributed by atoms with Crippen LogP contribution < -0.4 is 5.32 Å². The minimum absolute atomic E-state index is 0.110. The van der Waals surface area contributed by atoms with Gasteiger partial charge in [-0.2, -0.15) is 5.10 Å². The van der Waals surface area contributed by atoms with Gasteiger partial charge in [-0.1, -0.05) is 13.3 Å². The molecule has 0 bridgehead atoms. The number of nitrogens with one attached hydrogen (secondary N) is 3. The Kier molecular flexibility index (Phi) is 5.83. The lowest BCUT2D eigenvalue weighted by Crippen LogP contribution is -2.11. The van der Waals surface area contributed by atoms with E-state index in [1.165, 1.54) is 18.6 Å². The van der Waals surface area contributed by atoms with Crippen LogP contribution in [-0.4, -0.2) is 50.6 Å². The lowest BCUT2D eigenvalue weighted by Gasteiger charge is -2.08. The minimum atomic E-state index is -0.533. The SMILES string of the molecule is CCCCC(=O)Nc1cncc(-c2cnc3n[nH]c(-c4nc5nccc(-n6cnc(C)c6)c5[nH]4)c3c2F)c1. The summed E-state index contributed by atoms with van der Waals surface area (Å²) in [6.45, 7) is 3.93. The number of nitrogens with zero attached hydrogens (tertiary/aromatic N) is 7. The monoisotopic (exact) mass is 510 g/mol. The highest BCUT2D eigenvalue weighted by Gasteiger charge is 2.21. The highest BCUT2D eigenvalue weighted by molar-refractivity contribution is 5.95. The Morgan fingerprint density at radius 3 is 2.87 bits per heavy atom. The maximum atomic E-state index is 16.0. The van der Waals surface area contributed by atoms with Crippen LogP contribution in [0.3, 0.4) is 0 Å². The maximum absolute atomic E-state index is 16.0. The Bertz CT molecular complexity index is 1800. The van der Waals surface area contributed by atoms with Gasteiger partial charge in [-0.25, -0.2) is 24.3 Å². The van der Waals surface area contributed by atoms with Crippen LogP contribution in [0.15, 0.2) is 49.4 Å². The van der Waals surface area contributed by atoms with Gasteiger partial charge in [0.05, 0.1) is 35.0 Å². The molecule has 0 fully saturated rings. The summed E-state index contributed by atoms with van der Waals surface area (Å²) in [5.41, 5.74) is 4.54. The molecule has 6 aromatic rings. The third kappa shape index (κ3) is 4.15. The van der Waals surface area contributed by atoms with Crippen molar-refractivity contribution in [2.24, 2.45) is 0 Å². The van der Waals surface area contributed by atoms with Crippen molar-refractivity contribution in [3.63, 3.8) is 0 Å². The zero-order valence-electron chi connectivity index (χ0n) is 20.7. The summed E-state index contributed by atoms with van der Waals surface area (Å²) >= 11 is 0. The van der Waals surface area contributed by atoms with Gasteiger partial charge < -0.3 is 14.9 Å². The van der Waals surface area contributed by atoms with Gasteiger partial charge in [-0.15, -0.1) is 0 Å². The number of rotatable bonds is 7. The number of pyridine rings is 3. The lowest BCUT2D eigenvalue weighted by atomic mass is 10.1. The molecule has 0 spiro atoms. The van der Waals surface area contributed by atoms with E-state index >= 15 is 4.39 Å². The summed E-state index contributed by atoms with van der Waals surface area (Å²) in [6.07, 6.45) is 11.8. The number of aromatic nitrogens is 9. The Hall–Kier alpha value is -5.00. The molecular formula is C26H23FN10O. The average molecular weight is 511 g/mol. The quantitative estimate of drug-likeness (QED) is 0.282. The number of aryl methyl sites for hydroxylation is 1. The number of H-pyrrole nitrogens is 2. The highest BCUT2D eigenvalue weighted by atomic mass is 19.1. The molecule has 6 rings (SSSR count). The van der Waals surface area contributed by atoms with Crippen LogP contribution in [0, 0.1) is 12.7 Å². The van der Waals surface area contributed by atoms with Crippen LogP contribution in [0.2, 0.25) is 0 Å². The number of hydrogen-bond donors (Lipinski definition) is 3. The molecule has 0 atom stereocenters. The molecule has 11 nitrogen and oxygen atoms in total. The van der Waals surface area contributed by atoms with Crippen molar-refractivity contribution >= 4 is 33.8 Å². The number of imidazole rings is 2. The number of carbonyl (C=O) groups excluding carboxylic acids is 1. The van der Waals surface area contributed by atoms with Gasteiger partial charge in [-0.05, 0) is 25.5 Å². The van der Waals surface area contributed by atoms with Gasteiger partial charge in [0.25, 0.3) is 0 Å². The largest absolute Gasteiger partial charge is 0.334 e. The van der Waals surface area contributed by atoms with Gasteiger partial charge in [0.15, 0.2) is 17.1 Å². The highest BCUT2D eigenvalue weighted by Crippen LogP contribution is 2.33. The van der Waals surface area contributed by atoms with E-state index in [0.29, 0.717) is 40.4 Å². The number of amides is 1.